The molecule has 0 radical (unpaired) electrons. The van der Waals surface area contributed by atoms with Gasteiger partial charge in [0.2, 0.25) is 0 Å². The van der Waals surface area contributed by atoms with Gasteiger partial charge in [-0.25, -0.2) is 0 Å². The Bertz CT molecular complexity index is 888. The molecule has 0 aliphatic carbocycles. The number of hydrogen-bond acceptors (Lipinski definition) is 2. The molecular weight excluding hydrogens is 329 g/mol. The van der Waals surface area contributed by atoms with Crippen LogP contribution in [0.1, 0.15) is 47.6 Å². The normalized spacial score (nSPS) is 11.6. The first-order valence-electron chi connectivity index (χ1n) is 8.61. The van der Waals surface area contributed by atoms with E-state index in [-0.39, 0.29) is 14.8 Å². The van der Waals surface area contributed by atoms with Crippen molar-refractivity contribution in [2.24, 2.45) is 0 Å². The summed E-state index contributed by atoms with van der Waals surface area (Å²) < 4.78 is 16.1. The highest BCUT2D eigenvalue weighted by Gasteiger charge is 2.11. The van der Waals surface area contributed by atoms with Crippen molar-refractivity contribution >= 4 is 19.4 Å². The van der Waals surface area contributed by atoms with Crippen LogP contribution in [0.5, 0.6) is 5.75 Å². The molecule has 0 aliphatic heterocycles. The van der Waals surface area contributed by atoms with Crippen LogP contribution in [-0.4, -0.2) is 11.3 Å². The molecule has 25 heavy (non-hydrogen) atoms. The van der Waals surface area contributed by atoms with Crippen molar-refractivity contribution in [1.82, 2.24) is 4.98 Å². The van der Waals surface area contributed by atoms with Gasteiger partial charge >= 0.3 is 0 Å². The molecule has 0 saturated heterocycles. The van der Waals surface area contributed by atoms with E-state index in [1.807, 2.05) is 12.1 Å². The molecule has 0 spiro atoms. The number of hydrogen-bond donors (Lipinski definition) is 1. The number of aromatic amines is 1. The average Bonchev–Trinajstić information content (AvgIpc) is 2.99. The molecule has 0 saturated carbocycles. The van der Waals surface area contributed by atoms with Crippen molar-refractivity contribution in [2.45, 2.75) is 40.0 Å². The van der Waals surface area contributed by atoms with Crippen LogP contribution in [0.15, 0.2) is 36.5 Å². The van der Waals surface area contributed by atoms with Gasteiger partial charge in [-0.15, -0.1) is 0 Å². The van der Waals surface area contributed by atoms with Crippen molar-refractivity contribution in [3.8, 4) is 5.75 Å². The van der Waals surface area contributed by atoms with Gasteiger partial charge in [0.15, 0.2) is 14.8 Å². The van der Waals surface area contributed by atoms with Gasteiger partial charge in [0.05, 0.1) is 0 Å². The van der Waals surface area contributed by atoms with Gasteiger partial charge in [-0.1, -0.05) is 19.9 Å². The van der Waals surface area contributed by atoms with E-state index in [9.17, 15) is 4.57 Å². The third-order valence-electron chi connectivity index (χ3n) is 4.73. The van der Waals surface area contributed by atoms with Gasteiger partial charge < -0.3 is 9.72 Å². The molecule has 3 rings (SSSR count). The van der Waals surface area contributed by atoms with E-state index in [0.29, 0.717) is 5.92 Å². The fourth-order valence-electron chi connectivity index (χ4n) is 3.40. The summed E-state index contributed by atoms with van der Waals surface area (Å²) in [5, 5.41) is 1.32. The summed E-state index contributed by atoms with van der Waals surface area (Å²) in [7, 11) is 0.00606. The summed E-state index contributed by atoms with van der Waals surface area (Å²) in [5.41, 5.74) is 7.61. The van der Waals surface area contributed by atoms with E-state index in [0.717, 1.165) is 12.2 Å². The van der Waals surface area contributed by atoms with Crippen molar-refractivity contribution in [2.75, 3.05) is 6.35 Å². The first-order valence-corrected chi connectivity index (χ1v) is 9.61. The van der Waals surface area contributed by atoms with E-state index >= 15 is 0 Å². The number of nitrogens with one attached hydrogen (secondary N) is 1. The Morgan fingerprint density at radius 2 is 1.84 bits per heavy atom. The van der Waals surface area contributed by atoms with Crippen LogP contribution in [0.4, 0.5) is 0 Å². The van der Waals surface area contributed by atoms with E-state index in [1.165, 1.54) is 38.7 Å². The molecule has 0 aliphatic rings. The smallest absolute Gasteiger partial charge is 0.197 e. The Balaban J connectivity index is 1.93. The van der Waals surface area contributed by atoms with E-state index in [4.69, 9.17) is 4.74 Å². The number of rotatable bonds is 6. The molecule has 4 heteroatoms. The van der Waals surface area contributed by atoms with Gasteiger partial charge in [0, 0.05) is 17.1 Å². The number of benzene rings is 2. The number of aromatic nitrogens is 1. The highest BCUT2D eigenvalue weighted by molar-refractivity contribution is 7.23. The molecule has 3 aromatic rings. The van der Waals surface area contributed by atoms with Gasteiger partial charge in [-0.3, -0.25) is 4.57 Å². The quantitative estimate of drug-likeness (QED) is 0.542. The fraction of sp³-hybridized carbons (Fsp3) is 0.333. The molecular formula is C21H24NO2P. The van der Waals surface area contributed by atoms with Gasteiger partial charge in [0.1, 0.15) is 5.75 Å². The minimum absolute atomic E-state index is 0.00606. The molecule has 0 atom stereocenters. The second kappa shape index (κ2) is 7.41. The zero-order valence-electron chi connectivity index (χ0n) is 15.2. The van der Waals surface area contributed by atoms with Crippen molar-refractivity contribution < 1.29 is 9.30 Å². The van der Waals surface area contributed by atoms with Crippen molar-refractivity contribution in [3.05, 3.63) is 64.3 Å². The molecule has 0 unspecified atom stereocenters. The predicted octanol–water partition coefficient (Wildman–Crippen LogP) is 6.13. The third-order valence-corrected chi connectivity index (χ3v) is 4.97. The number of H-pyrrole nitrogens is 1. The van der Waals surface area contributed by atoms with E-state index in [1.54, 1.807) is 0 Å². The maximum atomic E-state index is 10.6. The Kier molecular flexibility index (Phi) is 5.24. The van der Waals surface area contributed by atoms with Crippen LogP contribution in [0.3, 0.4) is 0 Å². The maximum Gasteiger partial charge on any atom is 0.197 e. The topological polar surface area (TPSA) is 42.1 Å². The van der Waals surface area contributed by atoms with Crippen LogP contribution in [-0.2, 0) is 11.0 Å². The standard InChI is InChI=1S/C21H24NO2P/c1-13(2)20-11-22-21-6-5-16(10-19(20)21)9-18-14(3)7-17(8-15(18)4)24-12-25-23/h5-8,10-11,13,22H,9,12H2,1-4H3. The zero-order valence-corrected chi connectivity index (χ0v) is 16.1. The summed E-state index contributed by atoms with van der Waals surface area (Å²) in [6.07, 6.45) is 3.22. The average molecular weight is 353 g/mol. The summed E-state index contributed by atoms with van der Waals surface area (Å²) in [4.78, 5) is 3.37. The highest BCUT2D eigenvalue weighted by atomic mass is 31.1. The lowest BCUT2D eigenvalue weighted by Crippen LogP contribution is -1.98. The number of fused-ring (bicyclic) bond motifs is 1. The minimum atomic E-state index is 0.00606. The molecule has 0 fully saturated rings. The van der Waals surface area contributed by atoms with Crippen LogP contribution in [0, 0.1) is 13.8 Å². The molecule has 130 valence electrons. The second-order valence-electron chi connectivity index (χ2n) is 6.89. The number of ether oxygens (including phenoxy) is 1. The zero-order chi connectivity index (χ0) is 18.0. The van der Waals surface area contributed by atoms with E-state index < -0.39 is 0 Å². The summed E-state index contributed by atoms with van der Waals surface area (Å²) >= 11 is 0. The molecule has 3 nitrogen and oxygen atoms in total. The molecule has 1 N–H and O–H groups in total. The minimum Gasteiger partial charge on any atom is -0.481 e. The third kappa shape index (κ3) is 3.77. The summed E-state index contributed by atoms with van der Waals surface area (Å²) in [5.74, 6) is 1.29. The lowest BCUT2D eigenvalue weighted by Gasteiger charge is -2.13. The van der Waals surface area contributed by atoms with Crippen LogP contribution >= 0.6 is 8.46 Å². The van der Waals surface area contributed by atoms with Crippen LogP contribution < -0.4 is 4.74 Å². The molecule has 1 aromatic heterocycles. The molecule has 0 bridgehead atoms. The Labute approximate surface area is 150 Å². The molecule has 0 amide bonds. The lowest BCUT2D eigenvalue weighted by molar-refractivity contribution is 0.384. The highest BCUT2D eigenvalue weighted by Crippen LogP contribution is 2.29. The fourth-order valence-corrected chi connectivity index (χ4v) is 3.60. The van der Waals surface area contributed by atoms with Crippen molar-refractivity contribution in [1.29, 1.82) is 0 Å². The predicted molar refractivity (Wildman–Crippen MR) is 104 cm³/mol. The monoisotopic (exact) mass is 353 g/mol. The maximum absolute atomic E-state index is 10.6. The molecule has 2 aromatic carbocycles. The largest absolute Gasteiger partial charge is 0.481 e. The van der Waals surface area contributed by atoms with Crippen LogP contribution in [0.2, 0.25) is 0 Å². The Morgan fingerprint density at radius 3 is 2.48 bits per heavy atom. The van der Waals surface area contributed by atoms with Gasteiger partial charge in [0.25, 0.3) is 0 Å². The molecule has 1 heterocycles. The first kappa shape index (κ1) is 17.7. The van der Waals surface area contributed by atoms with Gasteiger partial charge in [-0.05, 0) is 78.3 Å². The SMILES string of the molecule is Cc1cc(OCP=O)cc(C)c1Cc1ccc2[nH]cc(C(C)C)c2c1. The van der Waals surface area contributed by atoms with E-state index in [2.05, 4.69) is 57.1 Å². The second-order valence-corrected chi connectivity index (χ2v) is 7.41. The lowest BCUT2D eigenvalue weighted by atomic mass is 9.94. The Morgan fingerprint density at radius 1 is 1.12 bits per heavy atom. The van der Waals surface area contributed by atoms with Crippen molar-refractivity contribution in [3.63, 3.8) is 0 Å². The van der Waals surface area contributed by atoms with Crippen LogP contribution in [0.25, 0.3) is 10.9 Å². The Hall–Kier alpha value is -2.12. The number of aryl methyl sites for hydroxylation is 2. The summed E-state index contributed by atoms with van der Waals surface area (Å²) in [6, 6.07) is 10.7. The van der Waals surface area contributed by atoms with Gasteiger partial charge in [-0.2, -0.15) is 0 Å². The first-order chi connectivity index (χ1) is 12.0. The summed E-state index contributed by atoms with van der Waals surface area (Å²) in [6.45, 7) is 8.67.